The molecular weight excluding hydrogens is 186 g/mol. The molecule has 0 radical (unpaired) electrons. The molecule has 0 aromatic heterocycles. The van der Waals surface area contributed by atoms with Gasteiger partial charge in [0.15, 0.2) is 0 Å². The van der Waals surface area contributed by atoms with Gasteiger partial charge in [-0.1, -0.05) is 20.8 Å². The Kier molecular flexibility index (Phi) is 8.35. The Hall–Kier alpha value is -0.590. The summed E-state index contributed by atoms with van der Waals surface area (Å²) in [4.78, 5) is 2.34. The van der Waals surface area contributed by atoms with Crippen LogP contribution < -0.4 is 5.32 Å². The van der Waals surface area contributed by atoms with E-state index in [1.165, 1.54) is 0 Å². The van der Waals surface area contributed by atoms with E-state index in [0.717, 1.165) is 32.6 Å². The van der Waals surface area contributed by atoms with E-state index in [1.807, 2.05) is 6.92 Å². The maximum atomic E-state index is 8.73. The van der Waals surface area contributed by atoms with E-state index >= 15 is 0 Å². The first-order chi connectivity index (χ1) is 7.10. The predicted molar refractivity (Wildman–Crippen MR) is 64.6 cm³/mol. The molecule has 3 heteroatoms. The molecule has 1 atom stereocenters. The first-order valence-electron chi connectivity index (χ1n) is 5.95. The van der Waals surface area contributed by atoms with Crippen LogP contribution in [0.2, 0.25) is 0 Å². The van der Waals surface area contributed by atoms with Gasteiger partial charge in [0, 0.05) is 12.6 Å². The number of rotatable bonds is 8. The van der Waals surface area contributed by atoms with E-state index in [1.54, 1.807) is 0 Å². The van der Waals surface area contributed by atoms with Crippen molar-refractivity contribution in [2.45, 2.75) is 40.2 Å². The normalized spacial score (nSPS) is 13.1. The monoisotopic (exact) mass is 211 g/mol. The van der Waals surface area contributed by atoms with Crippen LogP contribution in [0.15, 0.2) is 0 Å². The Labute approximate surface area is 94.5 Å². The van der Waals surface area contributed by atoms with Crippen LogP contribution in [0, 0.1) is 17.2 Å². The topological polar surface area (TPSA) is 39.1 Å². The SMILES string of the molecule is CCN(CCCNC(C)C)CC(C)C#N. The first-order valence-corrected chi connectivity index (χ1v) is 5.95. The van der Waals surface area contributed by atoms with Crippen molar-refractivity contribution in [1.82, 2.24) is 10.2 Å². The van der Waals surface area contributed by atoms with Crippen molar-refractivity contribution < 1.29 is 0 Å². The molecule has 0 aliphatic carbocycles. The van der Waals surface area contributed by atoms with Crippen LogP contribution in [-0.2, 0) is 0 Å². The van der Waals surface area contributed by atoms with Gasteiger partial charge in [-0.25, -0.2) is 0 Å². The highest BCUT2D eigenvalue weighted by molar-refractivity contribution is 4.81. The molecule has 3 nitrogen and oxygen atoms in total. The Bertz CT molecular complexity index is 184. The fourth-order valence-corrected chi connectivity index (χ4v) is 1.50. The third kappa shape index (κ3) is 8.41. The number of hydrogen-bond acceptors (Lipinski definition) is 3. The fourth-order valence-electron chi connectivity index (χ4n) is 1.50. The second kappa shape index (κ2) is 8.70. The number of nitriles is 1. The molecular formula is C12H25N3. The molecule has 0 saturated carbocycles. The predicted octanol–water partition coefficient (Wildman–Crippen LogP) is 1.86. The lowest BCUT2D eigenvalue weighted by atomic mass is 10.2. The molecule has 0 spiro atoms. The summed E-state index contributed by atoms with van der Waals surface area (Å²) in [6, 6.07) is 2.85. The van der Waals surface area contributed by atoms with Gasteiger partial charge in [-0.3, -0.25) is 0 Å². The second-order valence-corrected chi connectivity index (χ2v) is 4.39. The van der Waals surface area contributed by atoms with Crippen molar-refractivity contribution in [2.75, 3.05) is 26.2 Å². The molecule has 0 amide bonds. The number of nitrogens with one attached hydrogen (secondary N) is 1. The lowest BCUT2D eigenvalue weighted by Gasteiger charge is -2.21. The molecule has 0 bridgehead atoms. The molecule has 0 fully saturated rings. The van der Waals surface area contributed by atoms with Gasteiger partial charge < -0.3 is 10.2 Å². The van der Waals surface area contributed by atoms with Gasteiger partial charge in [0.25, 0.3) is 0 Å². The van der Waals surface area contributed by atoms with E-state index in [9.17, 15) is 0 Å². The van der Waals surface area contributed by atoms with E-state index in [4.69, 9.17) is 5.26 Å². The lowest BCUT2D eigenvalue weighted by Crippen LogP contribution is -2.32. The molecule has 0 rings (SSSR count). The van der Waals surface area contributed by atoms with E-state index in [2.05, 4.69) is 37.1 Å². The molecule has 0 saturated heterocycles. The third-order valence-electron chi connectivity index (χ3n) is 2.40. The molecule has 0 heterocycles. The maximum absolute atomic E-state index is 8.73. The zero-order chi connectivity index (χ0) is 11.7. The van der Waals surface area contributed by atoms with Crippen LogP contribution in [0.1, 0.15) is 34.1 Å². The second-order valence-electron chi connectivity index (χ2n) is 4.39. The number of hydrogen-bond donors (Lipinski definition) is 1. The molecule has 1 N–H and O–H groups in total. The maximum Gasteiger partial charge on any atom is 0.0666 e. The minimum absolute atomic E-state index is 0.142. The summed E-state index contributed by atoms with van der Waals surface area (Å²) < 4.78 is 0. The standard InChI is InChI=1S/C12H25N3/c1-5-15(10-12(4)9-13)8-6-7-14-11(2)3/h11-12,14H,5-8,10H2,1-4H3. The van der Waals surface area contributed by atoms with Crippen LogP contribution in [0.5, 0.6) is 0 Å². The summed E-state index contributed by atoms with van der Waals surface area (Å²) in [7, 11) is 0. The largest absolute Gasteiger partial charge is 0.314 e. The summed E-state index contributed by atoms with van der Waals surface area (Å²) in [5, 5.41) is 12.1. The molecule has 0 aromatic carbocycles. The average Bonchev–Trinajstić information content (AvgIpc) is 2.21. The lowest BCUT2D eigenvalue weighted by molar-refractivity contribution is 0.263. The fraction of sp³-hybridized carbons (Fsp3) is 0.917. The van der Waals surface area contributed by atoms with Crippen molar-refractivity contribution in [3.8, 4) is 6.07 Å². The van der Waals surface area contributed by atoms with Gasteiger partial charge in [0.1, 0.15) is 0 Å². The zero-order valence-corrected chi connectivity index (χ0v) is 10.6. The summed E-state index contributed by atoms with van der Waals surface area (Å²) in [6.45, 7) is 12.5. The van der Waals surface area contributed by atoms with Gasteiger partial charge in [-0.05, 0) is 33.0 Å². The molecule has 88 valence electrons. The summed E-state index contributed by atoms with van der Waals surface area (Å²) in [6.07, 6.45) is 1.16. The van der Waals surface area contributed by atoms with Crippen LogP contribution in [0.4, 0.5) is 0 Å². The van der Waals surface area contributed by atoms with Crippen molar-refractivity contribution in [1.29, 1.82) is 5.26 Å². The van der Waals surface area contributed by atoms with Crippen LogP contribution >= 0.6 is 0 Å². The van der Waals surface area contributed by atoms with Crippen molar-refractivity contribution >= 4 is 0 Å². The zero-order valence-electron chi connectivity index (χ0n) is 10.6. The minimum atomic E-state index is 0.142. The minimum Gasteiger partial charge on any atom is -0.314 e. The summed E-state index contributed by atoms with van der Waals surface area (Å²) in [5.74, 6) is 0.142. The molecule has 0 aliphatic heterocycles. The molecule has 0 aliphatic rings. The highest BCUT2D eigenvalue weighted by atomic mass is 15.1. The Morgan fingerprint density at radius 1 is 1.33 bits per heavy atom. The van der Waals surface area contributed by atoms with Crippen molar-refractivity contribution in [3.63, 3.8) is 0 Å². The smallest absolute Gasteiger partial charge is 0.0666 e. The van der Waals surface area contributed by atoms with Gasteiger partial charge in [-0.15, -0.1) is 0 Å². The van der Waals surface area contributed by atoms with Gasteiger partial charge >= 0.3 is 0 Å². The number of nitrogens with zero attached hydrogens (tertiary/aromatic N) is 2. The highest BCUT2D eigenvalue weighted by Gasteiger charge is 2.07. The van der Waals surface area contributed by atoms with Gasteiger partial charge in [0.2, 0.25) is 0 Å². The Morgan fingerprint density at radius 2 is 2.00 bits per heavy atom. The van der Waals surface area contributed by atoms with Gasteiger partial charge in [0.05, 0.1) is 12.0 Å². The molecule has 15 heavy (non-hydrogen) atoms. The average molecular weight is 211 g/mol. The Balaban J connectivity index is 3.58. The van der Waals surface area contributed by atoms with Crippen LogP contribution in [0.25, 0.3) is 0 Å². The molecule has 1 unspecified atom stereocenters. The first kappa shape index (κ1) is 14.4. The van der Waals surface area contributed by atoms with E-state index in [-0.39, 0.29) is 5.92 Å². The Morgan fingerprint density at radius 3 is 2.47 bits per heavy atom. The van der Waals surface area contributed by atoms with Crippen molar-refractivity contribution in [2.24, 2.45) is 5.92 Å². The van der Waals surface area contributed by atoms with Crippen LogP contribution in [-0.4, -0.2) is 37.1 Å². The van der Waals surface area contributed by atoms with E-state index in [0.29, 0.717) is 6.04 Å². The van der Waals surface area contributed by atoms with Crippen LogP contribution in [0.3, 0.4) is 0 Å². The van der Waals surface area contributed by atoms with E-state index < -0.39 is 0 Å². The highest BCUT2D eigenvalue weighted by Crippen LogP contribution is 1.99. The summed E-state index contributed by atoms with van der Waals surface area (Å²) in [5.41, 5.74) is 0. The molecule has 0 aromatic rings. The summed E-state index contributed by atoms with van der Waals surface area (Å²) >= 11 is 0. The quantitative estimate of drug-likeness (QED) is 0.623. The van der Waals surface area contributed by atoms with Gasteiger partial charge in [-0.2, -0.15) is 5.26 Å². The van der Waals surface area contributed by atoms with Crippen molar-refractivity contribution in [3.05, 3.63) is 0 Å². The third-order valence-corrected chi connectivity index (χ3v) is 2.40.